The number of ketones is 4. The Balaban J connectivity index is 1.55. The van der Waals surface area contributed by atoms with Crippen molar-refractivity contribution >= 4 is 57.8 Å². The van der Waals surface area contributed by atoms with Crippen LogP contribution in [-0.4, -0.2) is 90.0 Å². The quantitative estimate of drug-likeness (QED) is 0.174. The summed E-state index contributed by atoms with van der Waals surface area (Å²) in [5, 5.41) is 30.9. The van der Waals surface area contributed by atoms with Gasteiger partial charge in [-0.3, -0.25) is 28.9 Å². The van der Waals surface area contributed by atoms with E-state index in [1.165, 1.54) is 49.3 Å². The smallest absolute Gasteiger partial charge is 0.323 e. The number of hydrogen-bond acceptors (Lipinski definition) is 12. The number of aromatic hydroxyl groups is 1. The van der Waals surface area contributed by atoms with Crippen LogP contribution < -0.4 is 21.3 Å². The van der Waals surface area contributed by atoms with Gasteiger partial charge in [-0.15, -0.1) is 4.91 Å². The van der Waals surface area contributed by atoms with Gasteiger partial charge in [0.2, 0.25) is 5.91 Å². The van der Waals surface area contributed by atoms with Crippen molar-refractivity contribution in [3.05, 3.63) is 46.4 Å². The van der Waals surface area contributed by atoms with Gasteiger partial charge < -0.3 is 31.5 Å². The average molecular weight is 621 g/mol. The molecule has 5 rings (SSSR count). The van der Waals surface area contributed by atoms with Crippen LogP contribution in [0.4, 0.5) is 27.5 Å². The molecule has 0 aromatic heterocycles. The highest BCUT2D eigenvalue weighted by molar-refractivity contribution is 6.32. The second kappa shape index (κ2) is 11.2. The van der Waals surface area contributed by atoms with Crippen LogP contribution in [-0.2, 0) is 25.6 Å². The first-order valence-electron chi connectivity index (χ1n) is 14.1. The van der Waals surface area contributed by atoms with Gasteiger partial charge in [0.1, 0.15) is 11.4 Å². The molecule has 2 fully saturated rings. The van der Waals surface area contributed by atoms with Crippen molar-refractivity contribution in [3.8, 4) is 5.75 Å². The van der Waals surface area contributed by atoms with E-state index in [4.69, 9.17) is 5.73 Å². The number of nitrogens with one attached hydrogen (secondary N) is 2. The third-order valence-electron chi connectivity index (χ3n) is 9.00. The SMILES string of the molecule is CN(C)c1cc(NC(=O)Nc2ccc(N=O)cc2)c(O)c2c1C[C@H]1C[C@H]3[C@H](N(C)C)C(=O)C(C(N)=O)C(=O)[C@@]3(O)C(=O)C1C2=O. The van der Waals surface area contributed by atoms with Gasteiger partial charge in [0, 0.05) is 31.4 Å². The van der Waals surface area contributed by atoms with Crippen molar-refractivity contribution in [1.82, 2.24) is 4.90 Å². The normalized spacial score (nSPS) is 27.3. The number of amides is 3. The van der Waals surface area contributed by atoms with Crippen LogP contribution in [0, 0.1) is 28.6 Å². The molecule has 0 bridgehead atoms. The predicted molar refractivity (Wildman–Crippen MR) is 160 cm³/mol. The molecule has 6 N–H and O–H groups in total. The third kappa shape index (κ3) is 4.84. The van der Waals surface area contributed by atoms with E-state index < -0.39 is 76.1 Å². The minimum absolute atomic E-state index is 0.0660. The molecule has 2 aromatic carbocycles. The molecule has 3 amide bonds. The lowest BCUT2D eigenvalue weighted by molar-refractivity contribution is -0.181. The number of carbonyl (C=O) groups excluding carboxylic acids is 6. The number of primary amides is 1. The maximum atomic E-state index is 14.1. The molecule has 0 spiro atoms. The van der Waals surface area contributed by atoms with Crippen molar-refractivity contribution in [2.45, 2.75) is 24.5 Å². The number of carbonyl (C=O) groups is 6. The first kappa shape index (κ1) is 31.4. The summed E-state index contributed by atoms with van der Waals surface area (Å²) in [7, 11) is 6.40. The molecule has 15 heteroatoms. The summed E-state index contributed by atoms with van der Waals surface area (Å²) in [4.78, 5) is 93.6. The Morgan fingerprint density at radius 3 is 2.22 bits per heavy atom. The van der Waals surface area contributed by atoms with E-state index in [2.05, 4.69) is 15.8 Å². The highest BCUT2D eigenvalue weighted by atomic mass is 16.3. The third-order valence-corrected chi connectivity index (χ3v) is 9.00. The van der Waals surface area contributed by atoms with Gasteiger partial charge in [-0.05, 0) is 73.9 Å². The Bertz CT molecular complexity index is 1670. The van der Waals surface area contributed by atoms with Crippen LogP contribution in [0.3, 0.4) is 0 Å². The summed E-state index contributed by atoms with van der Waals surface area (Å²) in [6.45, 7) is 0. The Morgan fingerprint density at radius 2 is 1.67 bits per heavy atom. The Labute approximate surface area is 256 Å². The fourth-order valence-electron chi connectivity index (χ4n) is 7.04. The molecule has 45 heavy (non-hydrogen) atoms. The van der Waals surface area contributed by atoms with Gasteiger partial charge >= 0.3 is 6.03 Å². The molecule has 15 nitrogen and oxygen atoms in total. The Hall–Kier alpha value is -5.02. The molecule has 0 saturated heterocycles. The number of benzene rings is 2. The van der Waals surface area contributed by atoms with Gasteiger partial charge in [-0.2, -0.15) is 0 Å². The van der Waals surface area contributed by atoms with E-state index in [0.29, 0.717) is 16.9 Å². The summed E-state index contributed by atoms with van der Waals surface area (Å²) < 4.78 is 0. The molecule has 0 aliphatic heterocycles. The van der Waals surface area contributed by atoms with Crippen LogP contribution in [0.15, 0.2) is 35.5 Å². The Kier molecular flexibility index (Phi) is 7.79. The highest BCUT2D eigenvalue weighted by Gasteiger charge is 2.69. The van der Waals surface area contributed by atoms with E-state index in [9.17, 15) is 43.9 Å². The molecule has 0 heterocycles. The van der Waals surface area contributed by atoms with Crippen LogP contribution >= 0.6 is 0 Å². The lowest BCUT2D eigenvalue weighted by Gasteiger charge is -2.52. The number of rotatable bonds is 6. The largest absolute Gasteiger partial charge is 0.505 e. The van der Waals surface area contributed by atoms with Gasteiger partial charge in [-0.1, -0.05) is 0 Å². The number of phenols is 1. The van der Waals surface area contributed by atoms with Crippen LogP contribution in [0.25, 0.3) is 0 Å². The van der Waals surface area contributed by atoms with Crippen molar-refractivity contribution in [1.29, 1.82) is 0 Å². The number of urea groups is 1. The molecule has 6 atom stereocenters. The van der Waals surface area contributed by atoms with E-state index >= 15 is 0 Å². The fourth-order valence-corrected chi connectivity index (χ4v) is 7.04. The van der Waals surface area contributed by atoms with Crippen molar-refractivity contribution in [2.24, 2.45) is 34.6 Å². The topological polar surface area (TPSA) is 229 Å². The maximum absolute atomic E-state index is 14.1. The lowest BCUT2D eigenvalue weighted by atomic mass is 9.52. The second-order valence-electron chi connectivity index (χ2n) is 12.0. The number of hydrogen-bond donors (Lipinski definition) is 5. The first-order chi connectivity index (χ1) is 21.1. The van der Waals surface area contributed by atoms with Gasteiger partial charge in [0.15, 0.2) is 34.7 Å². The highest BCUT2D eigenvalue weighted by Crippen LogP contribution is 2.52. The number of fused-ring (bicyclic) bond motifs is 3. The zero-order valence-corrected chi connectivity index (χ0v) is 24.9. The molecular weight excluding hydrogens is 588 g/mol. The molecular formula is C30H32N6O9. The summed E-state index contributed by atoms with van der Waals surface area (Å²) in [6, 6.07) is 5.12. The fraction of sp³-hybridized carbons (Fsp3) is 0.400. The number of anilines is 3. The van der Waals surface area contributed by atoms with Gasteiger partial charge in [0.25, 0.3) is 0 Å². The number of nitroso groups, excluding NO2 is 1. The van der Waals surface area contributed by atoms with Gasteiger partial charge in [-0.25, -0.2) is 4.79 Å². The number of nitrogens with two attached hydrogens (primary N) is 1. The first-order valence-corrected chi connectivity index (χ1v) is 14.1. The summed E-state index contributed by atoms with van der Waals surface area (Å²) in [5.41, 5.74) is 3.39. The zero-order valence-electron chi connectivity index (χ0n) is 24.9. The van der Waals surface area contributed by atoms with Crippen molar-refractivity contribution in [3.63, 3.8) is 0 Å². The zero-order chi connectivity index (χ0) is 33.1. The van der Waals surface area contributed by atoms with E-state index in [-0.39, 0.29) is 29.8 Å². The summed E-state index contributed by atoms with van der Waals surface area (Å²) in [5.74, 6) is -11.8. The lowest BCUT2D eigenvalue weighted by Crippen LogP contribution is -2.74. The average Bonchev–Trinajstić information content (AvgIpc) is 2.96. The molecule has 2 saturated carbocycles. The number of nitrogens with zero attached hydrogens (tertiary/aromatic N) is 3. The summed E-state index contributed by atoms with van der Waals surface area (Å²) >= 11 is 0. The molecule has 2 unspecified atom stereocenters. The molecule has 2 aromatic rings. The molecule has 236 valence electrons. The molecule has 3 aliphatic carbocycles. The second-order valence-corrected chi connectivity index (χ2v) is 12.0. The standard InChI is InChI=1S/C30H32N6O9/c1-35(2)18-11-17(33-29(43)32-13-5-7-14(34-45)8-6-13)23(37)20-15(18)9-12-10-16-22(36(3)4)25(39)21(28(31)42)27(41)30(16,44)26(40)19(12)24(20)38/h5-8,11-12,16,19,21-22,37,44H,9-10H2,1-4H3,(H2,31,42)(H2,32,33,43)/t12-,16-,19?,21?,22-,30-/m0/s1. The van der Waals surface area contributed by atoms with Crippen molar-refractivity contribution in [2.75, 3.05) is 43.7 Å². The number of phenolic OH excluding ortho intramolecular Hbond substituents is 1. The van der Waals surface area contributed by atoms with Crippen LogP contribution in [0.1, 0.15) is 22.3 Å². The molecule has 0 radical (unpaired) electrons. The minimum Gasteiger partial charge on any atom is -0.505 e. The van der Waals surface area contributed by atoms with Gasteiger partial charge in [0.05, 0.1) is 23.2 Å². The van der Waals surface area contributed by atoms with E-state index in [1.807, 2.05) is 0 Å². The molecule has 3 aliphatic rings. The number of aliphatic hydroxyl groups is 1. The summed E-state index contributed by atoms with van der Waals surface area (Å²) in [6.07, 6.45) is -0.0190. The van der Waals surface area contributed by atoms with Crippen LogP contribution in [0.5, 0.6) is 5.75 Å². The Morgan fingerprint density at radius 1 is 1.02 bits per heavy atom. The van der Waals surface area contributed by atoms with Crippen molar-refractivity contribution < 1.29 is 39.0 Å². The van der Waals surface area contributed by atoms with E-state index in [0.717, 1.165) is 0 Å². The van der Waals surface area contributed by atoms with Crippen LogP contribution in [0.2, 0.25) is 0 Å². The number of Topliss-reactive ketones (excluding diaryl/α,β-unsaturated/α-hetero) is 4. The minimum atomic E-state index is -2.85. The maximum Gasteiger partial charge on any atom is 0.323 e. The predicted octanol–water partition coefficient (Wildman–Crippen LogP) is 0.975. The van der Waals surface area contributed by atoms with E-state index in [1.54, 1.807) is 19.0 Å². The monoisotopic (exact) mass is 620 g/mol. The number of likely N-dealkylation sites (N-methyl/N-ethyl adjacent to an activating group) is 1.